The maximum atomic E-state index is 5.44. The minimum absolute atomic E-state index is 0. The van der Waals surface area contributed by atoms with Crippen LogP contribution in [0.2, 0.25) is 0 Å². The Morgan fingerprint density at radius 3 is 2.70 bits per heavy atom. The molecular weight excluding hydrogens is 461 g/mol. The molecule has 146 valence electrons. The van der Waals surface area contributed by atoms with Crippen molar-refractivity contribution in [2.24, 2.45) is 4.99 Å². The average molecular weight is 485 g/mol. The third-order valence-electron chi connectivity index (χ3n) is 4.65. The van der Waals surface area contributed by atoms with E-state index in [0.717, 1.165) is 61.4 Å². The molecule has 1 aromatic heterocycles. The minimum atomic E-state index is 0. The first-order chi connectivity index (χ1) is 12.8. The fourth-order valence-corrected chi connectivity index (χ4v) is 3.23. The summed E-state index contributed by atoms with van der Waals surface area (Å²) in [5.41, 5.74) is 2.11. The number of guanidine groups is 1. The molecule has 2 aliphatic rings. The van der Waals surface area contributed by atoms with Crippen LogP contribution in [0.4, 0.5) is 0 Å². The van der Waals surface area contributed by atoms with Crippen molar-refractivity contribution in [3.05, 3.63) is 41.8 Å². The Labute approximate surface area is 175 Å². The Morgan fingerprint density at radius 1 is 1.15 bits per heavy atom. The summed E-state index contributed by atoms with van der Waals surface area (Å²) in [5.74, 6) is 2.53. The lowest BCUT2D eigenvalue weighted by Gasteiger charge is -2.36. The van der Waals surface area contributed by atoms with Gasteiger partial charge in [-0.25, -0.2) is 0 Å². The molecule has 1 N–H and O–H groups in total. The smallest absolute Gasteiger partial charge is 0.231 e. The molecule has 2 aromatic rings. The summed E-state index contributed by atoms with van der Waals surface area (Å²) in [6, 6.07) is 7.92. The molecule has 8 nitrogen and oxygen atoms in total. The van der Waals surface area contributed by atoms with Crippen LogP contribution in [-0.4, -0.2) is 60.9 Å². The van der Waals surface area contributed by atoms with Crippen LogP contribution < -0.4 is 14.8 Å². The van der Waals surface area contributed by atoms with Crippen LogP contribution in [-0.2, 0) is 13.1 Å². The van der Waals surface area contributed by atoms with Gasteiger partial charge in [-0.15, -0.1) is 24.0 Å². The number of rotatable bonds is 4. The van der Waals surface area contributed by atoms with Crippen LogP contribution in [0, 0.1) is 0 Å². The van der Waals surface area contributed by atoms with Gasteiger partial charge in [0.15, 0.2) is 17.5 Å². The average Bonchev–Trinajstić information content (AvgIpc) is 3.34. The molecule has 2 aliphatic heterocycles. The third kappa shape index (κ3) is 4.83. The molecule has 0 spiro atoms. The molecule has 0 saturated carbocycles. The number of fused-ring (bicyclic) bond motifs is 1. The van der Waals surface area contributed by atoms with Crippen molar-refractivity contribution >= 4 is 29.9 Å². The fraction of sp³-hybridized carbons (Fsp3) is 0.444. The standard InChI is InChI=1S/C18H23N5O3.HI/c1-19-18(20-11-14-2-3-16-17(10-14)25-13-24-16)23-7-5-22(6-8-23)12-15-4-9-26-21-15;/h2-4,9-10H,5-8,11-13H2,1H3,(H,19,20);1H. The third-order valence-corrected chi connectivity index (χ3v) is 4.65. The van der Waals surface area contributed by atoms with Gasteiger partial charge in [0.2, 0.25) is 6.79 Å². The zero-order chi connectivity index (χ0) is 17.8. The quantitative estimate of drug-likeness (QED) is 0.403. The predicted molar refractivity (Wildman–Crippen MR) is 112 cm³/mol. The number of benzene rings is 1. The SMILES string of the molecule is CN=C(NCc1ccc2c(c1)OCO2)N1CCN(Cc2ccon2)CC1.I. The topological polar surface area (TPSA) is 75.4 Å². The first-order valence-corrected chi connectivity index (χ1v) is 8.77. The van der Waals surface area contributed by atoms with Gasteiger partial charge in [-0.3, -0.25) is 9.89 Å². The van der Waals surface area contributed by atoms with Gasteiger partial charge < -0.3 is 24.2 Å². The molecule has 3 heterocycles. The first kappa shape index (κ1) is 19.7. The lowest BCUT2D eigenvalue weighted by Crippen LogP contribution is -2.52. The van der Waals surface area contributed by atoms with Crippen LogP contribution in [0.3, 0.4) is 0 Å². The number of hydrogen-bond donors (Lipinski definition) is 1. The van der Waals surface area contributed by atoms with Crippen molar-refractivity contribution in [1.29, 1.82) is 0 Å². The zero-order valence-electron chi connectivity index (χ0n) is 15.3. The van der Waals surface area contributed by atoms with Gasteiger partial charge in [0, 0.05) is 52.4 Å². The largest absolute Gasteiger partial charge is 0.454 e. The van der Waals surface area contributed by atoms with E-state index in [1.165, 1.54) is 0 Å². The maximum absolute atomic E-state index is 5.44. The number of ether oxygens (including phenoxy) is 2. The zero-order valence-corrected chi connectivity index (χ0v) is 17.6. The molecule has 0 amide bonds. The van der Waals surface area contributed by atoms with Crippen LogP contribution in [0.5, 0.6) is 11.5 Å². The number of aliphatic imine (C=N–C) groups is 1. The van der Waals surface area contributed by atoms with Crippen molar-refractivity contribution in [1.82, 2.24) is 20.3 Å². The van der Waals surface area contributed by atoms with E-state index in [2.05, 4.69) is 25.3 Å². The molecule has 0 radical (unpaired) electrons. The van der Waals surface area contributed by atoms with E-state index in [4.69, 9.17) is 14.0 Å². The Bertz CT molecular complexity index is 760. The monoisotopic (exact) mass is 485 g/mol. The van der Waals surface area contributed by atoms with Gasteiger partial charge in [0.25, 0.3) is 0 Å². The summed E-state index contributed by atoms with van der Waals surface area (Å²) < 4.78 is 15.7. The molecular formula is C18H24IN5O3. The highest BCUT2D eigenvalue weighted by atomic mass is 127. The fourth-order valence-electron chi connectivity index (χ4n) is 3.23. The maximum Gasteiger partial charge on any atom is 0.231 e. The normalized spacial score (nSPS) is 16.9. The summed E-state index contributed by atoms with van der Waals surface area (Å²) in [6.45, 7) is 5.62. The van der Waals surface area contributed by atoms with Crippen molar-refractivity contribution in [3.8, 4) is 11.5 Å². The van der Waals surface area contributed by atoms with Crippen LogP contribution in [0.25, 0.3) is 0 Å². The second-order valence-electron chi connectivity index (χ2n) is 6.34. The number of nitrogens with zero attached hydrogens (tertiary/aromatic N) is 4. The van der Waals surface area contributed by atoms with E-state index in [1.54, 1.807) is 6.26 Å². The Morgan fingerprint density at radius 2 is 1.96 bits per heavy atom. The van der Waals surface area contributed by atoms with Gasteiger partial charge >= 0.3 is 0 Å². The van der Waals surface area contributed by atoms with Crippen LogP contribution in [0.15, 0.2) is 40.0 Å². The molecule has 0 unspecified atom stereocenters. The van der Waals surface area contributed by atoms with E-state index < -0.39 is 0 Å². The lowest BCUT2D eigenvalue weighted by molar-refractivity contribution is 0.169. The van der Waals surface area contributed by atoms with Crippen molar-refractivity contribution in [2.45, 2.75) is 13.1 Å². The van der Waals surface area contributed by atoms with Gasteiger partial charge in [-0.1, -0.05) is 11.2 Å². The summed E-state index contributed by atoms with van der Waals surface area (Å²) in [4.78, 5) is 9.09. The number of piperazine rings is 1. The second kappa shape index (κ2) is 9.27. The van der Waals surface area contributed by atoms with Crippen LogP contribution in [0.1, 0.15) is 11.3 Å². The van der Waals surface area contributed by atoms with E-state index in [0.29, 0.717) is 13.3 Å². The Kier molecular flexibility index (Phi) is 6.78. The van der Waals surface area contributed by atoms with Gasteiger partial charge in [-0.05, 0) is 17.7 Å². The molecule has 0 atom stereocenters. The van der Waals surface area contributed by atoms with Gasteiger partial charge in [0.1, 0.15) is 6.26 Å². The van der Waals surface area contributed by atoms with Crippen molar-refractivity contribution in [2.75, 3.05) is 40.0 Å². The highest BCUT2D eigenvalue weighted by molar-refractivity contribution is 14.0. The van der Waals surface area contributed by atoms with Gasteiger partial charge in [0.05, 0.1) is 5.69 Å². The lowest BCUT2D eigenvalue weighted by atomic mass is 10.2. The molecule has 1 aromatic carbocycles. The molecule has 4 rings (SSSR count). The van der Waals surface area contributed by atoms with Crippen molar-refractivity contribution < 1.29 is 14.0 Å². The molecule has 1 saturated heterocycles. The van der Waals surface area contributed by atoms with Crippen molar-refractivity contribution in [3.63, 3.8) is 0 Å². The summed E-state index contributed by atoms with van der Waals surface area (Å²) in [7, 11) is 1.82. The number of nitrogens with one attached hydrogen (secondary N) is 1. The highest BCUT2D eigenvalue weighted by Crippen LogP contribution is 2.32. The number of hydrogen-bond acceptors (Lipinski definition) is 6. The second-order valence-corrected chi connectivity index (χ2v) is 6.34. The first-order valence-electron chi connectivity index (χ1n) is 8.77. The van der Waals surface area contributed by atoms with E-state index in [1.807, 2.05) is 31.3 Å². The van der Waals surface area contributed by atoms with Crippen LogP contribution >= 0.6 is 24.0 Å². The summed E-state index contributed by atoms with van der Waals surface area (Å²) in [6.07, 6.45) is 1.62. The predicted octanol–water partition coefficient (Wildman–Crippen LogP) is 1.91. The number of halogens is 1. The summed E-state index contributed by atoms with van der Waals surface area (Å²) >= 11 is 0. The molecule has 9 heteroatoms. The highest BCUT2D eigenvalue weighted by Gasteiger charge is 2.20. The summed E-state index contributed by atoms with van der Waals surface area (Å²) in [5, 5.41) is 7.42. The Balaban J connectivity index is 0.00000210. The minimum Gasteiger partial charge on any atom is -0.454 e. The number of aromatic nitrogens is 1. The Hall–Kier alpha value is -2.01. The van der Waals surface area contributed by atoms with Gasteiger partial charge in [-0.2, -0.15) is 0 Å². The molecule has 0 bridgehead atoms. The van der Waals surface area contributed by atoms with E-state index in [9.17, 15) is 0 Å². The molecule has 0 aliphatic carbocycles. The molecule has 27 heavy (non-hydrogen) atoms. The van der Waals surface area contributed by atoms with E-state index >= 15 is 0 Å². The molecule has 1 fully saturated rings. The van der Waals surface area contributed by atoms with E-state index in [-0.39, 0.29) is 24.0 Å².